The predicted molar refractivity (Wildman–Crippen MR) is 132 cm³/mol. The van der Waals surface area contributed by atoms with E-state index in [-0.39, 0.29) is 0 Å². The molecule has 1 saturated heterocycles. The van der Waals surface area contributed by atoms with Crippen LogP contribution < -0.4 is 15.0 Å². The summed E-state index contributed by atoms with van der Waals surface area (Å²) in [6.07, 6.45) is 6.88. The summed E-state index contributed by atoms with van der Waals surface area (Å²) in [4.78, 5) is 16.5. The third-order valence-electron chi connectivity index (χ3n) is 6.11. The van der Waals surface area contributed by atoms with Crippen molar-refractivity contribution in [1.82, 2.24) is 24.7 Å². The lowest BCUT2D eigenvalue weighted by Crippen LogP contribution is -2.42. The van der Waals surface area contributed by atoms with Crippen LogP contribution in [0.5, 0.6) is 5.75 Å². The Morgan fingerprint density at radius 3 is 2.71 bits per heavy atom. The molecule has 2 N–H and O–H groups in total. The van der Waals surface area contributed by atoms with Gasteiger partial charge in [-0.2, -0.15) is 5.10 Å². The fraction of sp³-hybridized carbons (Fsp3) is 0.360. The van der Waals surface area contributed by atoms with E-state index in [4.69, 9.17) is 14.7 Å². The monoisotopic (exact) mass is 459 g/mol. The van der Waals surface area contributed by atoms with Gasteiger partial charge in [0.1, 0.15) is 17.4 Å². The minimum Gasteiger partial charge on any atom is -0.494 e. The number of anilines is 3. The summed E-state index contributed by atoms with van der Waals surface area (Å²) in [5.41, 5.74) is 1.92. The molecule has 0 spiro atoms. The number of benzene rings is 1. The molecule has 0 atom stereocenters. The number of ether oxygens (including phenoxy) is 1. The summed E-state index contributed by atoms with van der Waals surface area (Å²) < 4.78 is 7.44. The van der Waals surface area contributed by atoms with E-state index < -0.39 is 5.60 Å². The molecule has 0 amide bonds. The molecule has 5 rings (SSSR count). The van der Waals surface area contributed by atoms with E-state index in [1.807, 2.05) is 57.4 Å². The molecule has 1 fully saturated rings. The maximum Gasteiger partial charge on any atom is 0.162 e. The van der Waals surface area contributed by atoms with Crippen LogP contribution in [-0.2, 0) is 7.05 Å². The molecular formula is C25H29N7O2. The molecule has 0 bridgehead atoms. The standard InChI is InChI=1S/C25H29N7O2/c1-4-34-19-5-6-21-20(14-19)24(28-18-15-27-31(3)16-18)30-23(29-21)17-7-10-26-22(13-17)32-11-8-25(2,33)9-12-32/h5-7,10,13-16,33H,4,8-9,11-12H2,1-3H3,(H,28,29,30). The van der Waals surface area contributed by atoms with Crippen molar-refractivity contribution in [2.75, 3.05) is 29.9 Å². The second-order valence-electron chi connectivity index (χ2n) is 8.92. The van der Waals surface area contributed by atoms with E-state index in [1.165, 1.54) is 0 Å². The number of hydrogen-bond donors (Lipinski definition) is 2. The van der Waals surface area contributed by atoms with Gasteiger partial charge < -0.3 is 20.1 Å². The average molecular weight is 460 g/mol. The van der Waals surface area contributed by atoms with Gasteiger partial charge in [0.25, 0.3) is 0 Å². The lowest BCUT2D eigenvalue weighted by molar-refractivity contribution is 0.0350. The molecule has 0 radical (unpaired) electrons. The van der Waals surface area contributed by atoms with Crippen LogP contribution >= 0.6 is 0 Å². The zero-order chi connectivity index (χ0) is 23.7. The zero-order valence-electron chi connectivity index (χ0n) is 19.7. The summed E-state index contributed by atoms with van der Waals surface area (Å²) in [5.74, 6) is 2.93. The van der Waals surface area contributed by atoms with Crippen LogP contribution in [0.1, 0.15) is 26.7 Å². The summed E-state index contributed by atoms with van der Waals surface area (Å²) in [6, 6.07) is 9.78. The third kappa shape index (κ3) is 4.65. The van der Waals surface area contributed by atoms with Gasteiger partial charge in [0.15, 0.2) is 5.82 Å². The molecule has 1 aliphatic heterocycles. The predicted octanol–water partition coefficient (Wildman–Crippen LogP) is 3.92. The Morgan fingerprint density at radius 1 is 1.15 bits per heavy atom. The molecule has 4 aromatic rings. The molecule has 0 saturated carbocycles. The van der Waals surface area contributed by atoms with Crippen molar-refractivity contribution in [3.63, 3.8) is 0 Å². The molecule has 3 aromatic heterocycles. The summed E-state index contributed by atoms with van der Waals surface area (Å²) in [7, 11) is 1.88. The first-order chi connectivity index (χ1) is 16.4. The molecule has 4 heterocycles. The summed E-state index contributed by atoms with van der Waals surface area (Å²) >= 11 is 0. The number of aryl methyl sites for hydroxylation is 1. The van der Waals surface area contributed by atoms with Crippen LogP contribution in [0.3, 0.4) is 0 Å². The van der Waals surface area contributed by atoms with E-state index in [1.54, 1.807) is 17.1 Å². The second kappa shape index (κ2) is 8.90. The van der Waals surface area contributed by atoms with Crippen molar-refractivity contribution in [2.24, 2.45) is 7.05 Å². The maximum absolute atomic E-state index is 10.3. The first-order valence-electron chi connectivity index (χ1n) is 11.5. The minimum atomic E-state index is -0.608. The van der Waals surface area contributed by atoms with Gasteiger partial charge >= 0.3 is 0 Å². The normalized spacial score (nSPS) is 15.5. The Kier molecular flexibility index (Phi) is 5.79. The summed E-state index contributed by atoms with van der Waals surface area (Å²) in [5, 5.41) is 18.8. The molecule has 9 heteroatoms. The third-order valence-corrected chi connectivity index (χ3v) is 6.11. The Morgan fingerprint density at radius 2 is 1.97 bits per heavy atom. The number of rotatable bonds is 6. The first kappa shape index (κ1) is 22.1. The number of nitrogens with zero attached hydrogens (tertiary/aromatic N) is 6. The van der Waals surface area contributed by atoms with Crippen molar-refractivity contribution in [3.05, 3.63) is 48.9 Å². The van der Waals surface area contributed by atoms with Crippen molar-refractivity contribution >= 4 is 28.2 Å². The van der Waals surface area contributed by atoms with Crippen LogP contribution in [0.25, 0.3) is 22.3 Å². The zero-order valence-corrected chi connectivity index (χ0v) is 19.7. The molecule has 0 unspecified atom stereocenters. The molecule has 1 aliphatic rings. The molecular weight excluding hydrogens is 430 g/mol. The van der Waals surface area contributed by atoms with Crippen LogP contribution in [0, 0.1) is 0 Å². The van der Waals surface area contributed by atoms with E-state index >= 15 is 0 Å². The van der Waals surface area contributed by atoms with E-state index in [0.29, 0.717) is 31.1 Å². The fourth-order valence-corrected chi connectivity index (χ4v) is 4.16. The van der Waals surface area contributed by atoms with Gasteiger partial charge in [-0.05, 0) is 57.0 Å². The number of aromatic nitrogens is 5. The SMILES string of the molecule is CCOc1ccc2nc(-c3ccnc(N4CCC(C)(O)CC4)c3)nc(Nc3cnn(C)c3)c2c1. The van der Waals surface area contributed by atoms with Crippen molar-refractivity contribution in [1.29, 1.82) is 0 Å². The van der Waals surface area contributed by atoms with Gasteiger partial charge in [-0.25, -0.2) is 15.0 Å². The van der Waals surface area contributed by atoms with Gasteiger partial charge in [-0.1, -0.05) is 0 Å². The van der Waals surface area contributed by atoms with E-state index in [2.05, 4.69) is 20.3 Å². The van der Waals surface area contributed by atoms with Crippen molar-refractivity contribution in [2.45, 2.75) is 32.3 Å². The molecule has 1 aromatic carbocycles. The number of nitrogens with one attached hydrogen (secondary N) is 1. The number of pyridine rings is 1. The highest BCUT2D eigenvalue weighted by atomic mass is 16.5. The van der Waals surface area contributed by atoms with Gasteiger partial charge in [-0.3, -0.25) is 4.68 Å². The number of aliphatic hydroxyl groups is 1. The Hall–Kier alpha value is -3.72. The molecule has 34 heavy (non-hydrogen) atoms. The highest BCUT2D eigenvalue weighted by Crippen LogP contribution is 2.32. The second-order valence-corrected chi connectivity index (χ2v) is 8.92. The lowest BCUT2D eigenvalue weighted by Gasteiger charge is -2.36. The van der Waals surface area contributed by atoms with Crippen LogP contribution in [0.2, 0.25) is 0 Å². The topological polar surface area (TPSA) is 101 Å². The van der Waals surface area contributed by atoms with Crippen molar-refractivity contribution < 1.29 is 9.84 Å². The molecule has 176 valence electrons. The van der Waals surface area contributed by atoms with Gasteiger partial charge in [0, 0.05) is 43.5 Å². The Bertz CT molecular complexity index is 1310. The van der Waals surface area contributed by atoms with Gasteiger partial charge in [0.2, 0.25) is 0 Å². The molecule has 0 aliphatic carbocycles. The van der Waals surface area contributed by atoms with Crippen LogP contribution in [0.4, 0.5) is 17.3 Å². The Labute approximate surface area is 198 Å². The minimum absolute atomic E-state index is 0.585. The van der Waals surface area contributed by atoms with Gasteiger partial charge in [0.05, 0.1) is 29.6 Å². The highest BCUT2D eigenvalue weighted by Gasteiger charge is 2.28. The molecule has 9 nitrogen and oxygen atoms in total. The average Bonchev–Trinajstić information content (AvgIpc) is 3.24. The van der Waals surface area contributed by atoms with Crippen LogP contribution in [-0.4, -0.2) is 55.1 Å². The smallest absolute Gasteiger partial charge is 0.162 e. The lowest BCUT2D eigenvalue weighted by atomic mass is 9.94. The summed E-state index contributed by atoms with van der Waals surface area (Å²) in [6.45, 7) is 5.96. The van der Waals surface area contributed by atoms with Gasteiger partial charge in [-0.15, -0.1) is 0 Å². The highest BCUT2D eigenvalue weighted by molar-refractivity contribution is 5.93. The fourth-order valence-electron chi connectivity index (χ4n) is 4.16. The number of piperidine rings is 1. The largest absolute Gasteiger partial charge is 0.494 e. The van der Waals surface area contributed by atoms with Crippen LogP contribution in [0.15, 0.2) is 48.9 Å². The van der Waals surface area contributed by atoms with E-state index in [0.717, 1.165) is 46.8 Å². The number of hydrogen-bond acceptors (Lipinski definition) is 8. The Balaban J connectivity index is 1.54. The van der Waals surface area contributed by atoms with E-state index in [9.17, 15) is 5.11 Å². The number of fused-ring (bicyclic) bond motifs is 1. The maximum atomic E-state index is 10.3. The van der Waals surface area contributed by atoms with Crippen molar-refractivity contribution in [3.8, 4) is 17.1 Å². The first-order valence-corrected chi connectivity index (χ1v) is 11.5. The quantitative estimate of drug-likeness (QED) is 0.447.